The van der Waals surface area contributed by atoms with Crippen molar-refractivity contribution in [2.24, 2.45) is 5.92 Å². The van der Waals surface area contributed by atoms with Crippen molar-refractivity contribution in [3.8, 4) is 0 Å². The van der Waals surface area contributed by atoms with E-state index < -0.39 is 0 Å². The molecule has 2 saturated heterocycles. The van der Waals surface area contributed by atoms with Crippen LogP contribution in [0.5, 0.6) is 0 Å². The second-order valence-corrected chi connectivity index (χ2v) is 11.9. The fourth-order valence-corrected chi connectivity index (χ4v) is 6.79. The molecule has 5 heterocycles. The van der Waals surface area contributed by atoms with Crippen LogP contribution in [0.15, 0.2) is 73.2 Å². The van der Waals surface area contributed by atoms with Gasteiger partial charge in [-0.15, -0.1) is 0 Å². The maximum atomic E-state index is 6.97. The number of piperidine rings is 1. The molecule has 2 fully saturated rings. The highest BCUT2D eigenvalue weighted by Gasteiger charge is 2.42. The lowest BCUT2D eigenvalue weighted by Gasteiger charge is -2.33. The molecular formula is C32H35ClN6S. The van der Waals surface area contributed by atoms with Crippen LogP contribution in [-0.4, -0.2) is 32.7 Å². The van der Waals surface area contributed by atoms with E-state index >= 15 is 0 Å². The number of halogens is 1. The molecule has 6 rings (SSSR count). The standard InChI is InChI=1S/C32H35ClN6S/c1-21-11-15-37(16-12-21)29-10-9-25(18-27(29)33)39-31(30(36-32(39)40)28-8-4-5-14-35-28)26-17-22(2)38(23(26)3)20-24-7-6-13-34-19-24/h4-10,13-14,17-19,21,30-31H,11-12,15-16,20H2,1-3H3,(H,36,40). The van der Waals surface area contributed by atoms with E-state index in [9.17, 15) is 0 Å². The molecular weight excluding hydrogens is 536 g/mol. The van der Waals surface area contributed by atoms with Crippen molar-refractivity contribution >= 4 is 40.3 Å². The summed E-state index contributed by atoms with van der Waals surface area (Å²) in [5.74, 6) is 0.767. The number of rotatable bonds is 6. The Balaban J connectivity index is 1.40. The van der Waals surface area contributed by atoms with Crippen molar-refractivity contribution in [2.45, 2.75) is 52.2 Å². The third-order valence-corrected chi connectivity index (χ3v) is 9.04. The third kappa shape index (κ3) is 5.08. The normalized spacial score (nSPS) is 19.8. The van der Waals surface area contributed by atoms with Gasteiger partial charge in [0.2, 0.25) is 0 Å². The summed E-state index contributed by atoms with van der Waals surface area (Å²) in [5.41, 5.74) is 7.83. The Morgan fingerprint density at radius 3 is 2.55 bits per heavy atom. The van der Waals surface area contributed by atoms with Crippen LogP contribution in [0.2, 0.25) is 5.02 Å². The molecule has 0 saturated carbocycles. The molecule has 2 atom stereocenters. The molecule has 0 bridgehead atoms. The predicted molar refractivity (Wildman–Crippen MR) is 167 cm³/mol. The molecule has 0 amide bonds. The van der Waals surface area contributed by atoms with Crippen LogP contribution in [0.3, 0.4) is 0 Å². The van der Waals surface area contributed by atoms with Crippen molar-refractivity contribution in [1.29, 1.82) is 0 Å². The molecule has 40 heavy (non-hydrogen) atoms. The quantitative estimate of drug-likeness (QED) is 0.252. The van der Waals surface area contributed by atoms with Crippen molar-refractivity contribution < 1.29 is 0 Å². The number of nitrogens with one attached hydrogen (secondary N) is 1. The molecule has 4 aromatic rings. The van der Waals surface area contributed by atoms with Crippen molar-refractivity contribution in [2.75, 3.05) is 22.9 Å². The smallest absolute Gasteiger partial charge is 0.174 e. The van der Waals surface area contributed by atoms with Gasteiger partial charge in [0, 0.05) is 55.3 Å². The zero-order valence-electron chi connectivity index (χ0n) is 23.2. The van der Waals surface area contributed by atoms with Gasteiger partial charge < -0.3 is 19.7 Å². The first kappa shape index (κ1) is 26.8. The minimum atomic E-state index is -0.108. The Bertz CT molecular complexity index is 1500. The molecule has 0 radical (unpaired) electrons. The number of anilines is 2. The number of aryl methyl sites for hydroxylation is 1. The highest BCUT2D eigenvalue weighted by molar-refractivity contribution is 7.80. The lowest BCUT2D eigenvalue weighted by atomic mass is 9.96. The number of hydrogen-bond acceptors (Lipinski definition) is 4. The van der Waals surface area contributed by atoms with Crippen LogP contribution >= 0.6 is 23.8 Å². The van der Waals surface area contributed by atoms with Gasteiger partial charge in [-0.1, -0.05) is 30.7 Å². The molecule has 1 aromatic carbocycles. The number of aromatic nitrogens is 3. The van der Waals surface area contributed by atoms with Crippen LogP contribution in [0.1, 0.15) is 60.1 Å². The van der Waals surface area contributed by atoms with Gasteiger partial charge in [-0.2, -0.15) is 0 Å². The van der Waals surface area contributed by atoms with E-state index in [1.807, 2.05) is 36.8 Å². The maximum Gasteiger partial charge on any atom is 0.174 e. The molecule has 0 spiro atoms. The number of benzene rings is 1. The molecule has 0 aliphatic carbocycles. The molecule has 206 valence electrons. The topological polar surface area (TPSA) is 49.2 Å². The van der Waals surface area contributed by atoms with Gasteiger partial charge >= 0.3 is 0 Å². The summed E-state index contributed by atoms with van der Waals surface area (Å²) in [6, 6.07) is 18.6. The minimum Gasteiger partial charge on any atom is -0.370 e. The van der Waals surface area contributed by atoms with Gasteiger partial charge in [0.15, 0.2) is 5.11 Å². The molecule has 6 nitrogen and oxygen atoms in total. The predicted octanol–water partition coefficient (Wildman–Crippen LogP) is 7.01. The summed E-state index contributed by atoms with van der Waals surface area (Å²) in [4.78, 5) is 13.7. The Kier molecular flexibility index (Phi) is 7.51. The first-order valence-electron chi connectivity index (χ1n) is 14.0. The van der Waals surface area contributed by atoms with Crippen LogP contribution in [0, 0.1) is 19.8 Å². The first-order valence-corrected chi connectivity index (χ1v) is 14.8. The number of nitrogens with zero attached hydrogens (tertiary/aromatic N) is 5. The third-order valence-electron chi connectivity index (χ3n) is 8.43. The van der Waals surface area contributed by atoms with Crippen LogP contribution < -0.4 is 15.1 Å². The molecule has 3 aromatic heterocycles. The average molecular weight is 571 g/mol. The van der Waals surface area contributed by atoms with E-state index in [0.717, 1.165) is 47.6 Å². The van der Waals surface area contributed by atoms with Crippen LogP contribution in [0.25, 0.3) is 0 Å². The molecule has 2 aliphatic heterocycles. The lowest BCUT2D eigenvalue weighted by molar-refractivity contribution is 0.438. The monoisotopic (exact) mass is 570 g/mol. The van der Waals surface area contributed by atoms with E-state index in [1.54, 1.807) is 0 Å². The van der Waals surface area contributed by atoms with Gasteiger partial charge in [0.05, 0.1) is 28.5 Å². The van der Waals surface area contributed by atoms with E-state index in [1.165, 1.54) is 35.4 Å². The zero-order chi connectivity index (χ0) is 27.8. The summed E-state index contributed by atoms with van der Waals surface area (Å²) < 4.78 is 2.36. The lowest BCUT2D eigenvalue weighted by Crippen LogP contribution is -2.33. The fraction of sp³-hybridized carbons (Fsp3) is 0.344. The Morgan fingerprint density at radius 1 is 1.02 bits per heavy atom. The van der Waals surface area contributed by atoms with Gasteiger partial charge in [0.25, 0.3) is 0 Å². The summed E-state index contributed by atoms with van der Waals surface area (Å²) in [7, 11) is 0. The summed E-state index contributed by atoms with van der Waals surface area (Å²) in [5, 5.41) is 5.03. The minimum absolute atomic E-state index is 0.0889. The van der Waals surface area contributed by atoms with Crippen LogP contribution in [0.4, 0.5) is 11.4 Å². The Hall–Kier alpha value is -3.42. The second kappa shape index (κ2) is 11.2. The SMILES string of the molecule is Cc1cc(C2C(c3ccccn3)NC(=S)N2c2ccc(N3CCC(C)CC3)c(Cl)c2)c(C)n1Cc1cccnc1. The number of hydrogen-bond donors (Lipinski definition) is 1. The molecule has 8 heteroatoms. The Morgan fingerprint density at radius 2 is 1.85 bits per heavy atom. The molecule has 1 N–H and O–H groups in total. The average Bonchev–Trinajstić information content (AvgIpc) is 3.45. The van der Waals surface area contributed by atoms with Gasteiger partial charge in [0.1, 0.15) is 0 Å². The van der Waals surface area contributed by atoms with Gasteiger partial charge in [-0.05, 0) is 98.4 Å². The summed E-state index contributed by atoms with van der Waals surface area (Å²) in [6.45, 7) is 9.53. The molecule has 2 aliphatic rings. The van der Waals surface area contributed by atoms with Gasteiger partial charge in [-0.3, -0.25) is 9.97 Å². The highest BCUT2D eigenvalue weighted by atomic mass is 35.5. The highest BCUT2D eigenvalue weighted by Crippen LogP contribution is 2.45. The Labute approximate surface area is 247 Å². The van der Waals surface area contributed by atoms with Crippen molar-refractivity contribution in [3.63, 3.8) is 0 Å². The van der Waals surface area contributed by atoms with Crippen molar-refractivity contribution in [1.82, 2.24) is 19.9 Å². The first-order chi connectivity index (χ1) is 19.4. The second-order valence-electron chi connectivity index (χ2n) is 11.1. The molecule has 2 unspecified atom stereocenters. The number of pyridine rings is 2. The van der Waals surface area contributed by atoms with E-state index in [-0.39, 0.29) is 12.1 Å². The maximum absolute atomic E-state index is 6.97. The van der Waals surface area contributed by atoms with E-state index in [2.05, 4.69) is 81.8 Å². The van der Waals surface area contributed by atoms with E-state index in [0.29, 0.717) is 5.11 Å². The fourth-order valence-electron chi connectivity index (χ4n) is 6.15. The van der Waals surface area contributed by atoms with Gasteiger partial charge in [-0.25, -0.2) is 0 Å². The largest absolute Gasteiger partial charge is 0.370 e. The van der Waals surface area contributed by atoms with E-state index in [4.69, 9.17) is 28.8 Å². The zero-order valence-corrected chi connectivity index (χ0v) is 24.8. The number of thiocarbonyl (C=S) groups is 1. The summed E-state index contributed by atoms with van der Waals surface area (Å²) in [6.07, 6.45) is 7.98. The van der Waals surface area contributed by atoms with Crippen molar-refractivity contribution in [3.05, 3.63) is 106 Å². The summed E-state index contributed by atoms with van der Waals surface area (Å²) >= 11 is 13.0. The van der Waals surface area contributed by atoms with Crippen LogP contribution in [-0.2, 0) is 6.54 Å².